The van der Waals surface area contributed by atoms with E-state index in [2.05, 4.69) is 58.3 Å². The van der Waals surface area contributed by atoms with E-state index in [0.717, 1.165) is 6.54 Å². The van der Waals surface area contributed by atoms with Gasteiger partial charge in [-0.1, -0.05) is 44.9 Å². The first kappa shape index (κ1) is 16.5. The van der Waals surface area contributed by atoms with Gasteiger partial charge in [-0.15, -0.1) is 0 Å². The van der Waals surface area contributed by atoms with Crippen molar-refractivity contribution in [1.82, 2.24) is 5.32 Å². The van der Waals surface area contributed by atoms with Crippen molar-refractivity contribution < 1.29 is 0 Å². The molecule has 0 aliphatic heterocycles. The fraction of sp³-hybridized carbons (Fsp3) is 0.700. The average Bonchev–Trinajstić information content (AvgIpc) is 2.40. The zero-order chi connectivity index (χ0) is 15.5. The largest absolute Gasteiger partial charge is 0.319 e. The minimum Gasteiger partial charge on any atom is -0.319 e. The zero-order valence-electron chi connectivity index (χ0n) is 14.7. The van der Waals surface area contributed by atoms with Gasteiger partial charge in [-0.3, -0.25) is 0 Å². The third-order valence-corrected chi connectivity index (χ3v) is 5.62. The molecule has 0 aromatic heterocycles. The third kappa shape index (κ3) is 3.18. The zero-order valence-corrected chi connectivity index (χ0v) is 14.7. The first-order chi connectivity index (χ1) is 10.0. The standard InChI is InChI=1S/C20H33N/c1-6-10-19(11-7-2)13-20(14-19,15-21-5)18-9-8-16(3)17(4)12-18/h8-9,12,21H,6-7,10-11,13-15H2,1-5H3. The molecule has 1 nitrogen and oxygen atoms in total. The fourth-order valence-electron chi connectivity index (χ4n) is 4.76. The van der Waals surface area contributed by atoms with E-state index in [9.17, 15) is 0 Å². The van der Waals surface area contributed by atoms with Crippen LogP contribution in [0, 0.1) is 19.3 Å². The summed E-state index contributed by atoms with van der Waals surface area (Å²) in [6.45, 7) is 10.3. The molecule has 1 aromatic carbocycles. The fourth-order valence-corrected chi connectivity index (χ4v) is 4.76. The van der Waals surface area contributed by atoms with Crippen LogP contribution >= 0.6 is 0 Å². The molecule has 1 heteroatoms. The molecule has 1 aromatic rings. The van der Waals surface area contributed by atoms with Gasteiger partial charge in [0.1, 0.15) is 0 Å². The van der Waals surface area contributed by atoms with Gasteiger partial charge < -0.3 is 5.32 Å². The molecule has 0 unspecified atom stereocenters. The predicted octanol–water partition coefficient (Wildman–Crippen LogP) is 5.14. The minimum atomic E-state index is 0.373. The summed E-state index contributed by atoms with van der Waals surface area (Å²) in [6.07, 6.45) is 8.18. The van der Waals surface area contributed by atoms with Crippen LogP contribution in [0.25, 0.3) is 0 Å². The van der Waals surface area contributed by atoms with E-state index in [0.29, 0.717) is 10.8 Å². The van der Waals surface area contributed by atoms with Gasteiger partial charge in [0.05, 0.1) is 0 Å². The Kier molecular flexibility index (Phi) is 5.14. The summed E-state index contributed by atoms with van der Waals surface area (Å²) in [7, 11) is 2.10. The molecule has 1 aliphatic rings. The Balaban J connectivity index is 2.25. The molecule has 0 radical (unpaired) electrons. The maximum atomic E-state index is 3.47. The molecular formula is C20H33N. The molecule has 21 heavy (non-hydrogen) atoms. The Morgan fingerprint density at radius 2 is 1.62 bits per heavy atom. The number of rotatable bonds is 7. The summed E-state index contributed by atoms with van der Waals surface area (Å²) >= 11 is 0. The average molecular weight is 287 g/mol. The van der Waals surface area contributed by atoms with Gasteiger partial charge in [0, 0.05) is 12.0 Å². The number of hydrogen-bond donors (Lipinski definition) is 1. The van der Waals surface area contributed by atoms with Crippen LogP contribution in [0.3, 0.4) is 0 Å². The molecule has 0 heterocycles. The molecule has 1 N–H and O–H groups in total. The quantitative estimate of drug-likeness (QED) is 0.732. The normalized spacial score (nSPS) is 19.3. The van der Waals surface area contributed by atoms with E-state index in [4.69, 9.17) is 0 Å². The van der Waals surface area contributed by atoms with Crippen molar-refractivity contribution in [2.24, 2.45) is 5.41 Å². The molecule has 0 atom stereocenters. The third-order valence-electron chi connectivity index (χ3n) is 5.62. The Morgan fingerprint density at radius 3 is 2.10 bits per heavy atom. The lowest BCUT2D eigenvalue weighted by molar-refractivity contribution is 0.00385. The van der Waals surface area contributed by atoms with Crippen LogP contribution in [-0.2, 0) is 5.41 Å². The van der Waals surface area contributed by atoms with Crippen LogP contribution in [0.5, 0.6) is 0 Å². The second-order valence-electron chi connectivity index (χ2n) is 7.46. The summed E-state index contributed by atoms with van der Waals surface area (Å²) in [5.74, 6) is 0. The van der Waals surface area contributed by atoms with Gasteiger partial charge in [0.2, 0.25) is 0 Å². The van der Waals surface area contributed by atoms with E-state index in [-0.39, 0.29) is 0 Å². The molecule has 0 saturated heterocycles. The van der Waals surface area contributed by atoms with Crippen LogP contribution in [-0.4, -0.2) is 13.6 Å². The van der Waals surface area contributed by atoms with Crippen LogP contribution in [0.15, 0.2) is 18.2 Å². The molecule has 1 aliphatic carbocycles. The second-order valence-corrected chi connectivity index (χ2v) is 7.46. The lowest BCUT2D eigenvalue weighted by Gasteiger charge is -2.57. The SMILES string of the molecule is CCCC1(CCC)CC(CNC)(c2ccc(C)c(C)c2)C1. The van der Waals surface area contributed by atoms with E-state index in [1.807, 2.05) is 0 Å². The highest BCUT2D eigenvalue weighted by atomic mass is 14.8. The lowest BCUT2D eigenvalue weighted by atomic mass is 9.48. The van der Waals surface area contributed by atoms with Crippen LogP contribution in [0.4, 0.5) is 0 Å². The van der Waals surface area contributed by atoms with E-state index < -0.39 is 0 Å². The molecule has 0 bridgehead atoms. The Hall–Kier alpha value is -0.820. The number of hydrogen-bond acceptors (Lipinski definition) is 1. The Bertz CT molecular complexity index is 461. The molecule has 0 spiro atoms. The van der Waals surface area contributed by atoms with Crippen molar-refractivity contribution >= 4 is 0 Å². The van der Waals surface area contributed by atoms with Gasteiger partial charge in [0.15, 0.2) is 0 Å². The highest BCUT2D eigenvalue weighted by Crippen LogP contribution is 2.60. The van der Waals surface area contributed by atoms with Gasteiger partial charge in [-0.25, -0.2) is 0 Å². The summed E-state index contributed by atoms with van der Waals surface area (Å²) in [4.78, 5) is 0. The summed E-state index contributed by atoms with van der Waals surface area (Å²) in [5, 5.41) is 3.47. The second kappa shape index (κ2) is 6.52. The van der Waals surface area contributed by atoms with Crippen molar-refractivity contribution in [3.8, 4) is 0 Å². The van der Waals surface area contributed by atoms with Crippen molar-refractivity contribution in [2.45, 2.75) is 71.6 Å². The van der Waals surface area contributed by atoms with E-state index in [1.54, 1.807) is 5.56 Å². The van der Waals surface area contributed by atoms with Crippen molar-refractivity contribution in [1.29, 1.82) is 0 Å². The highest BCUT2D eigenvalue weighted by Gasteiger charge is 2.53. The van der Waals surface area contributed by atoms with Gasteiger partial charge in [0.25, 0.3) is 0 Å². The maximum absolute atomic E-state index is 3.47. The van der Waals surface area contributed by atoms with Crippen molar-refractivity contribution in [3.63, 3.8) is 0 Å². The number of aryl methyl sites for hydroxylation is 2. The number of likely N-dealkylation sites (N-methyl/N-ethyl adjacent to an activating group) is 1. The predicted molar refractivity (Wildman–Crippen MR) is 93.0 cm³/mol. The highest BCUT2D eigenvalue weighted by molar-refractivity contribution is 5.38. The molecule has 1 saturated carbocycles. The first-order valence-electron chi connectivity index (χ1n) is 8.73. The number of benzene rings is 1. The molecular weight excluding hydrogens is 254 g/mol. The van der Waals surface area contributed by atoms with Crippen molar-refractivity contribution in [2.75, 3.05) is 13.6 Å². The van der Waals surface area contributed by atoms with Crippen LogP contribution in [0.1, 0.15) is 69.1 Å². The minimum absolute atomic E-state index is 0.373. The maximum Gasteiger partial charge on any atom is 0.00883 e. The molecule has 2 rings (SSSR count). The molecule has 118 valence electrons. The first-order valence-corrected chi connectivity index (χ1v) is 8.73. The van der Waals surface area contributed by atoms with E-state index >= 15 is 0 Å². The van der Waals surface area contributed by atoms with Crippen LogP contribution < -0.4 is 5.32 Å². The summed E-state index contributed by atoms with van der Waals surface area (Å²) < 4.78 is 0. The monoisotopic (exact) mass is 287 g/mol. The van der Waals surface area contributed by atoms with Gasteiger partial charge in [-0.05, 0) is 68.7 Å². The summed E-state index contributed by atoms with van der Waals surface area (Å²) in [5.41, 5.74) is 5.39. The van der Waals surface area contributed by atoms with Gasteiger partial charge in [-0.2, -0.15) is 0 Å². The van der Waals surface area contributed by atoms with Crippen LogP contribution in [0.2, 0.25) is 0 Å². The Labute approximate surface area is 131 Å². The van der Waals surface area contributed by atoms with Crippen molar-refractivity contribution in [3.05, 3.63) is 34.9 Å². The summed E-state index contributed by atoms with van der Waals surface area (Å²) in [6, 6.07) is 7.12. The molecule has 1 fully saturated rings. The van der Waals surface area contributed by atoms with Gasteiger partial charge >= 0.3 is 0 Å². The Morgan fingerprint density at radius 1 is 1.00 bits per heavy atom. The van der Waals surface area contributed by atoms with E-state index in [1.165, 1.54) is 49.7 Å². The number of nitrogens with one attached hydrogen (secondary N) is 1. The topological polar surface area (TPSA) is 12.0 Å². The smallest absolute Gasteiger partial charge is 0.00883 e. The lowest BCUT2D eigenvalue weighted by Crippen LogP contribution is -2.54. The molecule has 0 amide bonds.